The van der Waals surface area contributed by atoms with Crippen LogP contribution in [-0.4, -0.2) is 76.1 Å². The summed E-state index contributed by atoms with van der Waals surface area (Å²) in [6.07, 6.45) is -2.42. The molecular formula is C30H36F3N7O3. The number of benzene rings is 2. The molecule has 0 unspecified atom stereocenters. The molecule has 0 aliphatic heterocycles. The number of nitrogens with one attached hydrogen (secondary N) is 3. The molecule has 0 saturated heterocycles. The molecule has 1 aromatic heterocycles. The third-order valence-corrected chi connectivity index (χ3v) is 6.72. The number of carbonyl (C=O) groups is 3. The Morgan fingerprint density at radius 1 is 0.860 bits per heavy atom. The van der Waals surface area contributed by atoms with E-state index in [1.54, 1.807) is 31.0 Å². The third-order valence-electron chi connectivity index (χ3n) is 6.72. The molecule has 0 radical (unpaired) electrons. The fourth-order valence-electron chi connectivity index (χ4n) is 4.18. The largest absolute Gasteiger partial charge is 0.416 e. The molecule has 1 heterocycles. The normalized spacial score (nSPS) is 11.2. The van der Waals surface area contributed by atoms with E-state index < -0.39 is 29.6 Å². The molecule has 3 N–H and O–H groups in total. The van der Waals surface area contributed by atoms with Crippen LogP contribution < -0.4 is 25.8 Å². The van der Waals surface area contributed by atoms with Crippen molar-refractivity contribution < 1.29 is 27.6 Å². The highest BCUT2D eigenvalue weighted by molar-refractivity contribution is 6.08. The van der Waals surface area contributed by atoms with E-state index in [0.29, 0.717) is 29.2 Å². The number of aryl methyl sites for hydroxylation is 1. The molecule has 13 heteroatoms. The first-order valence-corrected chi connectivity index (χ1v) is 13.4. The van der Waals surface area contributed by atoms with E-state index in [-0.39, 0.29) is 16.9 Å². The molecule has 0 spiro atoms. The number of hydrogen-bond donors (Lipinski definition) is 3. The standard InChI is InChI=1S/C30H36F3N7O3/c1-19-8-9-20(16-23(19)37-29(43)40(6)22-12-13-35-25(18-22)28(42)34-2)27(41)36-24-17-21(30(31,32)33)10-11-26(24)39(5)15-7-14-38(3)4/h8-13,16-18H,7,14-15H2,1-6H3,(H,34,42)(H,36,41)(H,37,43). The second kappa shape index (κ2) is 14.0. The number of urea groups is 1. The molecule has 0 bridgehead atoms. The van der Waals surface area contributed by atoms with Gasteiger partial charge in [0.2, 0.25) is 0 Å². The second-order valence-electron chi connectivity index (χ2n) is 10.3. The summed E-state index contributed by atoms with van der Waals surface area (Å²) in [5, 5.41) is 7.85. The van der Waals surface area contributed by atoms with Crippen LogP contribution in [0.15, 0.2) is 54.7 Å². The van der Waals surface area contributed by atoms with Gasteiger partial charge in [0.25, 0.3) is 11.8 Å². The minimum atomic E-state index is -4.59. The molecule has 4 amide bonds. The molecule has 3 aromatic rings. The highest BCUT2D eigenvalue weighted by Gasteiger charge is 2.31. The van der Waals surface area contributed by atoms with Crippen molar-refractivity contribution in [2.45, 2.75) is 19.5 Å². The van der Waals surface area contributed by atoms with E-state index in [2.05, 4.69) is 20.9 Å². The van der Waals surface area contributed by atoms with Gasteiger partial charge in [0.1, 0.15) is 5.69 Å². The van der Waals surface area contributed by atoms with Gasteiger partial charge in [-0.1, -0.05) is 6.07 Å². The monoisotopic (exact) mass is 599 g/mol. The number of rotatable bonds is 10. The highest BCUT2D eigenvalue weighted by Crippen LogP contribution is 2.35. The zero-order valence-corrected chi connectivity index (χ0v) is 25.0. The Morgan fingerprint density at radius 3 is 2.23 bits per heavy atom. The highest BCUT2D eigenvalue weighted by atomic mass is 19.4. The third kappa shape index (κ3) is 8.67. The van der Waals surface area contributed by atoms with Gasteiger partial charge in [0.15, 0.2) is 0 Å². The average molecular weight is 600 g/mol. The van der Waals surface area contributed by atoms with Crippen LogP contribution in [-0.2, 0) is 6.18 Å². The number of anilines is 4. The number of carbonyl (C=O) groups excluding carboxylic acids is 3. The van der Waals surface area contributed by atoms with Crippen molar-refractivity contribution in [1.82, 2.24) is 15.2 Å². The van der Waals surface area contributed by atoms with Crippen molar-refractivity contribution in [1.29, 1.82) is 0 Å². The molecule has 230 valence electrons. The summed E-state index contributed by atoms with van der Waals surface area (Å²) in [6.45, 7) is 3.08. The predicted molar refractivity (Wildman–Crippen MR) is 162 cm³/mol. The lowest BCUT2D eigenvalue weighted by Gasteiger charge is -2.24. The molecule has 0 saturated carbocycles. The first-order chi connectivity index (χ1) is 20.2. The lowest BCUT2D eigenvalue weighted by Crippen LogP contribution is -2.32. The van der Waals surface area contributed by atoms with Crippen molar-refractivity contribution in [3.8, 4) is 0 Å². The van der Waals surface area contributed by atoms with Crippen LogP contribution in [0.2, 0.25) is 0 Å². The van der Waals surface area contributed by atoms with Gasteiger partial charge in [-0.05, 0) is 82.0 Å². The van der Waals surface area contributed by atoms with Crippen LogP contribution in [0.3, 0.4) is 0 Å². The Kier molecular flexibility index (Phi) is 10.7. The number of hydrogen-bond acceptors (Lipinski definition) is 6. The molecule has 10 nitrogen and oxygen atoms in total. The first-order valence-electron chi connectivity index (χ1n) is 13.4. The molecule has 0 aliphatic carbocycles. The van der Waals surface area contributed by atoms with Gasteiger partial charge in [-0.3, -0.25) is 19.5 Å². The van der Waals surface area contributed by atoms with E-state index in [1.165, 1.54) is 49.5 Å². The van der Waals surface area contributed by atoms with Crippen LogP contribution in [0.1, 0.15) is 38.4 Å². The first kappa shape index (κ1) is 32.9. The maximum atomic E-state index is 13.5. The Bertz CT molecular complexity index is 1480. The molecule has 43 heavy (non-hydrogen) atoms. The summed E-state index contributed by atoms with van der Waals surface area (Å²) in [7, 11) is 8.60. The molecule has 2 aromatic carbocycles. The zero-order chi connectivity index (χ0) is 31.9. The van der Waals surface area contributed by atoms with E-state index in [1.807, 2.05) is 19.0 Å². The summed E-state index contributed by atoms with van der Waals surface area (Å²) in [4.78, 5) is 47.4. The molecular weight excluding hydrogens is 563 g/mol. The van der Waals surface area contributed by atoms with E-state index in [0.717, 1.165) is 25.1 Å². The maximum absolute atomic E-state index is 13.5. The minimum Gasteiger partial charge on any atom is -0.373 e. The topological polar surface area (TPSA) is 110 Å². The number of halogens is 3. The van der Waals surface area contributed by atoms with Crippen LogP contribution in [0.5, 0.6) is 0 Å². The van der Waals surface area contributed by atoms with Crippen molar-refractivity contribution in [2.75, 3.05) is 68.8 Å². The van der Waals surface area contributed by atoms with Crippen LogP contribution in [0.25, 0.3) is 0 Å². The Balaban J connectivity index is 1.84. The van der Waals surface area contributed by atoms with E-state index in [4.69, 9.17) is 0 Å². The number of aromatic nitrogens is 1. The lowest BCUT2D eigenvalue weighted by atomic mass is 10.1. The van der Waals surface area contributed by atoms with Crippen molar-refractivity contribution >= 4 is 40.6 Å². The average Bonchev–Trinajstić information content (AvgIpc) is 2.96. The van der Waals surface area contributed by atoms with Gasteiger partial charge >= 0.3 is 12.2 Å². The number of pyridine rings is 1. The number of nitrogens with zero attached hydrogens (tertiary/aromatic N) is 4. The fraction of sp³-hybridized carbons (Fsp3) is 0.333. The predicted octanol–water partition coefficient (Wildman–Crippen LogP) is 5.08. The van der Waals surface area contributed by atoms with Crippen molar-refractivity contribution in [3.63, 3.8) is 0 Å². The van der Waals surface area contributed by atoms with Crippen LogP contribution >= 0.6 is 0 Å². The molecule has 3 rings (SSSR count). The van der Waals surface area contributed by atoms with Gasteiger partial charge in [-0.2, -0.15) is 13.2 Å². The van der Waals surface area contributed by atoms with Crippen LogP contribution in [0.4, 0.5) is 40.7 Å². The van der Waals surface area contributed by atoms with Crippen molar-refractivity contribution in [2.24, 2.45) is 0 Å². The van der Waals surface area contributed by atoms with Crippen LogP contribution in [0, 0.1) is 6.92 Å². The number of alkyl halides is 3. The van der Waals surface area contributed by atoms with E-state index >= 15 is 0 Å². The van der Waals surface area contributed by atoms with Gasteiger partial charge in [0.05, 0.1) is 16.9 Å². The summed E-state index contributed by atoms with van der Waals surface area (Å²) >= 11 is 0. The van der Waals surface area contributed by atoms with Gasteiger partial charge in [-0.25, -0.2) is 4.79 Å². The molecule has 0 fully saturated rings. The summed E-state index contributed by atoms with van der Waals surface area (Å²) in [5.74, 6) is -1.05. The Labute approximate surface area is 248 Å². The van der Waals surface area contributed by atoms with Gasteiger partial charge in [0, 0.05) is 50.8 Å². The second-order valence-corrected chi connectivity index (χ2v) is 10.3. The number of amides is 4. The van der Waals surface area contributed by atoms with E-state index in [9.17, 15) is 27.6 Å². The van der Waals surface area contributed by atoms with Gasteiger partial charge in [-0.15, -0.1) is 0 Å². The molecule has 0 atom stereocenters. The Hall–Kier alpha value is -4.65. The summed E-state index contributed by atoms with van der Waals surface area (Å²) in [5.41, 5.74) is 1.22. The summed E-state index contributed by atoms with van der Waals surface area (Å²) in [6, 6.07) is 10.3. The molecule has 0 aliphatic rings. The van der Waals surface area contributed by atoms with Crippen molar-refractivity contribution in [3.05, 3.63) is 77.1 Å². The SMILES string of the molecule is CNC(=O)c1cc(N(C)C(=O)Nc2cc(C(=O)Nc3cc(C(F)(F)F)ccc3N(C)CCCN(C)C)ccc2C)ccn1. The zero-order valence-electron chi connectivity index (χ0n) is 25.0. The maximum Gasteiger partial charge on any atom is 0.416 e. The fourth-order valence-corrected chi connectivity index (χ4v) is 4.18. The van der Waals surface area contributed by atoms with Gasteiger partial charge < -0.3 is 25.8 Å². The summed E-state index contributed by atoms with van der Waals surface area (Å²) < 4.78 is 40.6. The Morgan fingerprint density at radius 2 is 1.58 bits per heavy atom. The minimum absolute atomic E-state index is 0.0164. The lowest BCUT2D eigenvalue weighted by molar-refractivity contribution is -0.137. The smallest absolute Gasteiger partial charge is 0.373 e. The quantitative estimate of drug-likeness (QED) is 0.300.